The molecule has 0 saturated carbocycles. The molecule has 0 heterocycles. The van der Waals surface area contributed by atoms with Crippen molar-refractivity contribution < 1.29 is 27.2 Å². The summed E-state index contributed by atoms with van der Waals surface area (Å²) < 4.78 is 31.7. The maximum atomic E-state index is 13.4. The number of sulfone groups is 1. The number of nitrogens with one attached hydrogen (secondary N) is 1. The zero-order valence-electron chi connectivity index (χ0n) is 24.1. The van der Waals surface area contributed by atoms with Crippen molar-refractivity contribution in [2.45, 2.75) is 40.0 Å². The zero-order chi connectivity index (χ0) is 29.5. The Labute approximate surface area is 239 Å². The average Bonchev–Trinajstić information content (AvgIpc) is 2.93. The number of carbonyl (C=O) groups excluding carboxylic acids is 2. The predicted molar refractivity (Wildman–Crippen MR) is 165 cm³/mol. The second-order valence-corrected chi connectivity index (χ2v) is 11.6. The number of nitrogens with two attached hydrogens (primary N) is 1. The molecule has 0 bridgehead atoms. The van der Waals surface area contributed by atoms with Crippen molar-refractivity contribution in [1.29, 1.82) is 0 Å². The van der Waals surface area contributed by atoms with E-state index in [0.29, 0.717) is 22.4 Å². The van der Waals surface area contributed by atoms with Crippen molar-refractivity contribution in [3.8, 4) is 5.75 Å². The van der Waals surface area contributed by atoms with Crippen LogP contribution in [-0.4, -0.2) is 65.0 Å². The van der Waals surface area contributed by atoms with E-state index in [9.17, 15) is 18.0 Å². The van der Waals surface area contributed by atoms with Crippen molar-refractivity contribution in [1.82, 2.24) is 0 Å². The fourth-order valence-corrected chi connectivity index (χ4v) is 5.61. The number of hydrogen-bond acceptors (Lipinski definition) is 7. The number of nitrogens with zero attached hydrogens (tertiary/aromatic N) is 1. The minimum absolute atomic E-state index is 0. The Kier molecular flexibility index (Phi) is 12.1. The fraction of sp³-hybridized carbons (Fsp3) is 0.355. The topological polar surface area (TPSA) is 116 Å². The van der Waals surface area contributed by atoms with Gasteiger partial charge >= 0.3 is 0 Å². The van der Waals surface area contributed by atoms with Gasteiger partial charge in [-0.2, -0.15) is 0 Å². The van der Waals surface area contributed by atoms with Crippen LogP contribution in [0.15, 0.2) is 59.5 Å². The first kappa shape index (κ1) is 34.3. The first-order chi connectivity index (χ1) is 18.4. The fourth-order valence-electron chi connectivity index (χ4n) is 4.00. The molecule has 0 saturated heterocycles. The lowest BCUT2D eigenvalue weighted by atomic mass is 9.82. The van der Waals surface area contributed by atoms with Crippen LogP contribution >= 0.6 is 0 Å². The molecule has 0 fully saturated rings. The Morgan fingerprint density at radius 3 is 1.93 bits per heavy atom. The van der Waals surface area contributed by atoms with Gasteiger partial charge in [0, 0.05) is 22.9 Å². The summed E-state index contributed by atoms with van der Waals surface area (Å²) in [7, 11) is 3.69. The van der Waals surface area contributed by atoms with Crippen LogP contribution in [0.5, 0.6) is 5.75 Å². The number of hydrogen-bond donors (Lipinski definition) is 2. The van der Waals surface area contributed by atoms with Crippen molar-refractivity contribution in [3.63, 3.8) is 0 Å². The zero-order valence-corrected chi connectivity index (χ0v) is 24.9. The van der Waals surface area contributed by atoms with Crippen LogP contribution in [0.1, 0.15) is 67.0 Å². The normalized spacial score (nSPS) is 11.9. The van der Waals surface area contributed by atoms with E-state index in [1.165, 1.54) is 13.2 Å². The number of fused-ring (bicyclic) bond motifs is 2. The minimum atomic E-state index is -3.53. The number of carbonyl (C=O) groups is 2. The van der Waals surface area contributed by atoms with Crippen molar-refractivity contribution in [2.75, 3.05) is 51.6 Å². The molecule has 0 aliphatic heterocycles. The van der Waals surface area contributed by atoms with E-state index < -0.39 is 9.84 Å². The molecular formula is C31H44N3O5S+. The smallest absolute Gasteiger partial charge is 0.196 e. The number of nitrogen functional groups attached to an aromatic ring is 1. The minimum Gasteiger partial charge on any atom is -0.494 e. The Hall–Kier alpha value is -3.69. The quantitative estimate of drug-likeness (QED) is 0.208. The SMILES string of the molecule is C.CC.CC.COc1cc(Nc2cccc(S(=O)(=O)CC[N+](C)(C)C)c2)c2c(c1N)C(=O)c1ccccc1C2=O. The summed E-state index contributed by atoms with van der Waals surface area (Å²) >= 11 is 0. The molecule has 218 valence electrons. The van der Waals surface area contributed by atoms with Crippen LogP contribution in [0.4, 0.5) is 17.1 Å². The van der Waals surface area contributed by atoms with E-state index in [0.717, 1.165) is 0 Å². The summed E-state index contributed by atoms with van der Waals surface area (Å²) in [6, 6.07) is 14.5. The maximum absolute atomic E-state index is 13.4. The lowest BCUT2D eigenvalue weighted by Crippen LogP contribution is -2.38. The second kappa shape index (κ2) is 14.1. The predicted octanol–water partition coefficient (Wildman–Crippen LogP) is 5.96. The molecule has 8 nitrogen and oxygen atoms in total. The molecule has 0 spiro atoms. The summed E-state index contributed by atoms with van der Waals surface area (Å²) in [4.78, 5) is 26.9. The van der Waals surface area contributed by atoms with Crippen LogP contribution in [0, 0.1) is 0 Å². The Morgan fingerprint density at radius 1 is 0.850 bits per heavy atom. The number of quaternary nitrogens is 1. The standard InChI is InChI=1S/C26H27N3O5S.2C2H6.CH4/c1-29(2,3)12-13-35(32,33)17-9-7-8-16(14-17)28-20-15-21(34-4)24(27)23-22(20)25(30)18-10-5-6-11-19(18)26(23)31;2*1-2;/h5-11,14-15H,12-13H2,1-4H3,(H2-,27,28,30,31);2*1-2H3;1H4/p+1. The molecule has 3 N–H and O–H groups in total. The number of benzene rings is 3. The Bertz CT molecular complexity index is 1460. The van der Waals surface area contributed by atoms with Crippen molar-refractivity contribution in [2.24, 2.45) is 0 Å². The van der Waals surface area contributed by atoms with E-state index in [4.69, 9.17) is 10.5 Å². The number of ether oxygens (including phenoxy) is 1. The number of rotatable bonds is 7. The van der Waals surface area contributed by atoms with E-state index in [1.54, 1.807) is 48.5 Å². The highest BCUT2D eigenvalue weighted by atomic mass is 32.2. The lowest BCUT2D eigenvalue weighted by Gasteiger charge is -2.24. The summed E-state index contributed by atoms with van der Waals surface area (Å²) in [5.74, 6) is -0.488. The van der Waals surface area contributed by atoms with Gasteiger partial charge in [0.2, 0.25) is 0 Å². The molecule has 3 aromatic rings. The molecule has 40 heavy (non-hydrogen) atoms. The first-order valence-electron chi connectivity index (χ1n) is 13.0. The highest BCUT2D eigenvalue weighted by Crippen LogP contribution is 2.41. The van der Waals surface area contributed by atoms with Crippen LogP contribution in [0.3, 0.4) is 0 Å². The van der Waals surface area contributed by atoms with Gasteiger partial charge in [-0.25, -0.2) is 8.42 Å². The maximum Gasteiger partial charge on any atom is 0.196 e. The van der Waals surface area contributed by atoms with Gasteiger partial charge in [0.1, 0.15) is 11.5 Å². The molecule has 0 amide bonds. The third-order valence-electron chi connectivity index (χ3n) is 5.92. The molecule has 4 rings (SSSR count). The summed E-state index contributed by atoms with van der Waals surface area (Å²) in [6.07, 6.45) is 0. The highest BCUT2D eigenvalue weighted by molar-refractivity contribution is 7.91. The van der Waals surface area contributed by atoms with Gasteiger partial charge in [0.25, 0.3) is 0 Å². The molecule has 0 unspecified atom stereocenters. The van der Waals surface area contributed by atoms with Gasteiger partial charge < -0.3 is 20.3 Å². The van der Waals surface area contributed by atoms with Gasteiger partial charge in [-0.3, -0.25) is 9.59 Å². The molecule has 1 aliphatic carbocycles. The van der Waals surface area contributed by atoms with Crippen molar-refractivity contribution in [3.05, 3.63) is 76.9 Å². The molecular weight excluding hydrogens is 526 g/mol. The van der Waals surface area contributed by atoms with Gasteiger partial charge in [-0.1, -0.05) is 65.5 Å². The largest absolute Gasteiger partial charge is 0.494 e. The Balaban J connectivity index is 0.00000153. The summed E-state index contributed by atoms with van der Waals surface area (Å²) in [5, 5.41) is 3.12. The van der Waals surface area contributed by atoms with Crippen LogP contribution < -0.4 is 15.8 Å². The molecule has 3 aromatic carbocycles. The molecule has 0 radical (unpaired) electrons. The monoisotopic (exact) mass is 570 g/mol. The number of anilines is 3. The van der Waals surface area contributed by atoms with Gasteiger partial charge in [0.05, 0.1) is 62.2 Å². The van der Waals surface area contributed by atoms with Gasteiger partial charge in [-0.05, 0) is 18.2 Å². The molecule has 0 atom stereocenters. The molecule has 9 heteroatoms. The van der Waals surface area contributed by atoms with E-state index >= 15 is 0 Å². The summed E-state index contributed by atoms with van der Waals surface area (Å²) in [5.41, 5.74) is 7.83. The third-order valence-corrected chi connectivity index (χ3v) is 7.62. The number of methoxy groups -OCH3 is 1. The molecule has 1 aliphatic rings. The summed E-state index contributed by atoms with van der Waals surface area (Å²) in [6.45, 7) is 8.46. The van der Waals surface area contributed by atoms with Crippen LogP contribution in [-0.2, 0) is 9.84 Å². The number of ketones is 2. The first-order valence-corrected chi connectivity index (χ1v) is 14.7. The van der Waals surface area contributed by atoms with Gasteiger partial charge in [-0.15, -0.1) is 0 Å². The average molecular weight is 571 g/mol. The third kappa shape index (κ3) is 7.28. The lowest BCUT2D eigenvalue weighted by molar-refractivity contribution is -0.867. The van der Waals surface area contributed by atoms with E-state index in [1.807, 2.05) is 48.8 Å². The molecule has 0 aromatic heterocycles. The van der Waals surface area contributed by atoms with Gasteiger partial charge in [0.15, 0.2) is 21.4 Å². The van der Waals surface area contributed by atoms with E-state index in [-0.39, 0.29) is 63.3 Å². The van der Waals surface area contributed by atoms with E-state index in [2.05, 4.69) is 5.32 Å². The highest BCUT2D eigenvalue weighted by Gasteiger charge is 2.35. The second-order valence-electron chi connectivity index (χ2n) is 9.48. The van der Waals surface area contributed by atoms with Crippen LogP contribution in [0.25, 0.3) is 0 Å². The Morgan fingerprint density at radius 2 is 1.40 bits per heavy atom. The van der Waals surface area contributed by atoms with Crippen molar-refractivity contribution >= 4 is 38.5 Å². The van der Waals surface area contributed by atoms with Crippen LogP contribution in [0.2, 0.25) is 0 Å².